The molecule has 0 radical (unpaired) electrons. The van der Waals surface area contributed by atoms with Gasteiger partial charge in [-0.15, -0.1) is 11.3 Å². The highest BCUT2D eigenvalue weighted by atomic mass is 32.1. The number of ether oxygens (including phenoxy) is 1. The van der Waals surface area contributed by atoms with E-state index in [4.69, 9.17) is 9.84 Å². The van der Waals surface area contributed by atoms with Gasteiger partial charge >= 0.3 is 5.97 Å². The molecule has 134 valence electrons. The first-order chi connectivity index (χ1) is 11.9. The number of carbonyl (C=O) groups is 2. The van der Waals surface area contributed by atoms with E-state index in [0.717, 1.165) is 10.6 Å². The van der Waals surface area contributed by atoms with Crippen LogP contribution in [0.5, 0.6) is 0 Å². The van der Waals surface area contributed by atoms with Crippen LogP contribution in [0.4, 0.5) is 0 Å². The van der Waals surface area contributed by atoms with Crippen molar-refractivity contribution in [2.45, 2.75) is 32.2 Å². The van der Waals surface area contributed by atoms with Crippen molar-refractivity contribution in [2.24, 2.45) is 0 Å². The zero-order valence-corrected chi connectivity index (χ0v) is 15.3. The van der Waals surface area contributed by atoms with Gasteiger partial charge in [-0.2, -0.15) is 0 Å². The van der Waals surface area contributed by atoms with E-state index in [-0.39, 0.29) is 18.7 Å². The summed E-state index contributed by atoms with van der Waals surface area (Å²) in [5, 5.41) is 14.0. The smallest absolute Gasteiger partial charge is 0.326 e. The third-order valence-electron chi connectivity index (χ3n) is 3.78. The molecule has 0 aliphatic rings. The molecule has 0 fully saturated rings. The number of rotatable bonds is 8. The maximum absolute atomic E-state index is 12.2. The van der Waals surface area contributed by atoms with Gasteiger partial charge in [0.15, 0.2) is 0 Å². The minimum atomic E-state index is -1.09. The third-order valence-corrected chi connectivity index (χ3v) is 4.67. The van der Waals surface area contributed by atoms with E-state index in [1.165, 1.54) is 24.0 Å². The molecule has 6 nitrogen and oxygen atoms in total. The van der Waals surface area contributed by atoms with Crippen LogP contribution in [-0.4, -0.2) is 41.7 Å². The Labute approximate surface area is 150 Å². The third kappa shape index (κ3) is 5.11. The van der Waals surface area contributed by atoms with Crippen LogP contribution in [0.25, 0.3) is 10.6 Å². The van der Waals surface area contributed by atoms with Crippen molar-refractivity contribution in [3.8, 4) is 10.6 Å². The molecule has 1 aromatic carbocycles. The molecule has 7 heteroatoms. The average molecular weight is 362 g/mol. The Hall–Kier alpha value is -2.25. The number of hydrogen-bond donors (Lipinski definition) is 2. The molecule has 0 saturated heterocycles. The fraction of sp³-hybridized carbons (Fsp3) is 0.389. The van der Waals surface area contributed by atoms with E-state index >= 15 is 0 Å². The van der Waals surface area contributed by atoms with Crippen molar-refractivity contribution in [3.05, 3.63) is 40.9 Å². The van der Waals surface area contributed by atoms with Crippen LogP contribution < -0.4 is 5.32 Å². The van der Waals surface area contributed by atoms with Gasteiger partial charge in [0.05, 0.1) is 0 Å². The van der Waals surface area contributed by atoms with E-state index in [2.05, 4.69) is 24.1 Å². The summed E-state index contributed by atoms with van der Waals surface area (Å²) in [7, 11) is 1.48. The highest BCUT2D eigenvalue weighted by Gasteiger charge is 2.22. The zero-order valence-electron chi connectivity index (χ0n) is 14.5. The lowest BCUT2D eigenvalue weighted by atomic mass is 10.0. The molecular weight excluding hydrogens is 340 g/mol. The summed E-state index contributed by atoms with van der Waals surface area (Å²) in [4.78, 5) is 27.8. The SMILES string of the molecule is COCCC(NC(=O)c1csc(-c2ccc(C(C)C)cc2)n1)C(=O)O. The summed E-state index contributed by atoms with van der Waals surface area (Å²) >= 11 is 1.35. The molecular formula is C18H22N2O4S. The summed E-state index contributed by atoms with van der Waals surface area (Å²) < 4.78 is 4.87. The number of aliphatic carboxylic acids is 1. The van der Waals surface area contributed by atoms with Gasteiger partial charge in [-0.25, -0.2) is 9.78 Å². The van der Waals surface area contributed by atoms with E-state index < -0.39 is 17.9 Å². The van der Waals surface area contributed by atoms with Crippen molar-refractivity contribution in [1.29, 1.82) is 0 Å². The number of carboxylic acid groups (broad SMARTS) is 1. The first kappa shape index (κ1) is 19.1. The minimum absolute atomic E-state index is 0.200. The van der Waals surface area contributed by atoms with Crippen LogP contribution >= 0.6 is 11.3 Å². The van der Waals surface area contributed by atoms with E-state index in [9.17, 15) is 9.59 Å². The standard InChI is InChI=1S/C18H22N2O4S/c1-11(2)12-4-6-13(7-5-12)17-20-15(10-25-17)16(21)19-14(18(22)23)8-9-24-3/h4-7,10-11,14H,8-9H2,1-3H3,(H,19,21)(H,22,23). The second-order valence-corrected chi connectivity index (χ2v) is 6.82. The predicted molar refractivity (Wildman–Crippen MR) is 97.0 cm³/mol. The normalized spacial score (nSPS) is 12.2. The van der Waals surface area contributed by atoms with Crippen molar-refractivity contribution < 1.29 is 19.4 Å². The molecule has 2 aromatic rings. The molecule has 1 unspecified atom stereocenters. The van der Waals surface area contributed by atoms with Crippen LogP contribution in [0.3, 0.4) is 0 Å². The number of carboxylic acids is 1. The van der Waals surface area contributed by atoms with Crippen LogP contribution in [0.2, 0.25) is 0 Å². The van der Waals surface area contributed by atoms with Gasteiger partial charge in [-0.3, -0.25) is 4.79 Å². The number of thiazole rings is 1. The van der Waals surface area contributed by atoms with Gasteiger partial charge < -0.3 is 15.2 Å². The van der Waals surface area contributed by atoms with Crippen LogP contribution in [0, 0.1) is 0 Å². The number of hydrogen-bond acceptors (Lipinski definition) is 5. The molecule has 1 amide bonds. The minimum Gasteiger partial charge on any atom is -0.480 e. The van der Waals surface area contributed by atoms with Crippen LogP contribution in [0.15, 0.2) is 29.6 Å². The molecule has 0 aliphatic heterocycles. The average Bonchev–Trinajstić information content (AvgIpc) is 3.08. The highest BCUT2D eigenvalue weighted by molar-refractivity contribution is 7.13. The fourth-order valence-corrected chi connectivity index (χ4v) is 3.05. The lowest BCUT2D eigenvalue weighted by Crippen LogP contribution is -2.41. The van der Waals surface area contributed by atoms with Crippen molar-refractivity contribution in [2.75, 3.05) is 13.7 Å². The predicted octanol–water partition coefficient (Wildman–Crippen LogP) is 3.15. The van der Waals surface area contributed by atoms with Gasteiger partial charge in [0.2, 0.25) is 0 Å². The Morgan fingerprint density at radius 2 is 1.96 bits per heavy atom. The van der Waals surface area contributed by atoms with Crippen LogP contribution in [-0.2, 0) is 9.53 Å². The largest absolute Gasteiger partial charge is 0.480 e. The number of benzene rings is 1. The topological polar surface area (TPSA) is 88.5 Å². The molecule has 0 saturated carbocycles. The summed E-state index contributed by atoms with van der Waals surface area (Å²) in [6, 6.07) is 7.06. The summed E-state index contributed by atoms with van der Waals surface area (Å²) in [6.07, 6.45) is 0.200. The Morgan fingerprint density at radius 1 is 1.28 bits per heavy atom. The number of nitrogens with one attached hydrogen (secondary N) is 1. The fourth-order valence-electron chi connectivity index (χ4n) is 2.25. The molecule has 1 aromatic heterocycles. The molecule has 0 aliphatic carbocycles. The van der Waals surface area contributed by atoms with E-state index in [1.54, 1.807) is 5.38 Å². The lowest BCUT2D eigenvalue weighted by molar-refractivity contribution is -0.139. The lowest BCUT2D eigenvalue weighted by Gasteiger charge is -2.12. The molecule has 0 bridgehead atoms. The van der Waals surface area contributed by atoms with Crippen LogP contribution in [0.1, 0.15) is 42.2 Å². The summed E-state index contributed by atoms with van der Waals surface area (Å²) in [5.41, 5.74) is 2.39. The maximum Gasteiger partial charge on any atom is 0.326 e. The van der Waals surface area contributed by atoms with Gasteiger partial charge in [-0.05, 0) is 11.5 Å². The molecule has 1 atom stereocenters. The summed E-state index contributed by atoms with van der Waals surface area (Å²) in [6.45, 7) is 4.51. The van der Waals surface area contributed by atoms with E-state index in [1.807, 2.05) is 24.3 Å². The maximum atomic E-state index is 12.2. The quantitative estimate of drug-likeness (QED) is 0.753. The molecule has 25 heavy (non-hydrogen) atoms. The van der Waals surface area contributed by atoms with Gasteiger partial charge in [-0.1, -0.05) is 38.1 Å². The number of nitrogens with zero attached hydrogens (tertiary/aromatic N) is 1. The number of carbonyl (C=O) groups excluding carboxylic acids is 1. The molecule has 0 spiro atoms. The molecule has 2 rings (SSSR count). The van der Waals surface area contributed by atoms with Gasteiger partial charge in [0.25, 0.3) is 5.91 Å². The zero-order chi connectivity index (χ0) is 18.4. The Kier molecular flexibility index (Phi) is 6.66. The Balaban J connectivity index is 2.09. The number of aromatic nitrogens is 1. The Morgan fingerprint density at radius 3 is 2.52 bits per heavy atom. The first-order valence-electron chi connectivity index (χ1n) is 8.00. The number of methoxy groups -OCH3 is 1. The number of amides is 1. The highest BCUT2D eigenvalue weighted by Crippen LogP contribution is 2.25. The molecule has 1 heterocycles. The van der Waals surface area contributed by atoms with E-state index in [0.29, 0.717) is 5.92 Å². The van der Waals surface area contributed by atoms with Gasteiger partial charge in [0, 0.05) is 31.1 Å². The first-order valence-corrected chi connectivity index (χ1v) is 8.88. The Bertz CT molecular complexity index is 725. The van der Waals surface area contributed by atoms with Gasteiger partial charge in [0.1, 0.15) is 16.7 Å². The van der Waals surface area contributed by atoms with Crippen molar-refractivity contribution in [3.63, 3.8) is 0 Å². The second-order valence-electron chi connectivity index (χ2n) is 5.96. The van der Waals surface area contributed by atoms with Crippen molar-refractivity contribution in [1.82, 2.24) is 10.3 Å². The monoisotopic (exact) mass is 362 g/mol. The second kappa shape index (κ2) is 8.73. The summed E-state index contributed by atoms with van der Waals surface area (Å²) in [5.74, 6) is -1.14. The molecule has 2 N–H and O–H groups in total. The van der Waals surface area contributed by atoms with Crippen molar-refractivity contribution >= 4 is 23.2 Å².